The molecule has 1 N–H and O–H groups in total. The fraction of sp³-hybridized carbons (Fsp3) is 0.786. The highest BCUT2D eigenvalue weighted by molar-refractivity contribution is 5.13. The van der Waals surface area contributed by atoms with Gasteiger partial charge < -0.3 is 5.32 Å². The van der Waals surface area contributed by atoms with E-state index in [-0.39, 0.29) is 0 Å². The zero-order valence-electron chi connectivity index (χ0n) is 10.6. The third kappa shape index (κ3) is 2.54. The van der Waals surface area contributed by atoms with E-state index in [9.17, 15) is 0 Å². The van der Waals surface area contributed by atoms with Crippen molar-refractivity contribution in [3.8, 4) is 0 Å². The molecule has 1 saturated carbocycles. The molecule has 3 heteroatoms. The Morgan fingerprint density at radius 2 is 2.00 bits per heavy atom. The van der Waals surface area contributed by atoms with Crippen LogP contribution in [0, 0.1) is 0 Å². The maximum absolute atomic E-state index is 4.60. The van der Waals surface area contributed by atoms with Crippen LogP contribution in [0.15, 0.2) is 12.4 Å². The first-order chi connectivity index (χ1) is 8.43. The molecule has 1 saturated heterocycles. The maximum Gasteiger partial charge on any atom is 0.0525 e. The Hall–Kier alpha value is -0.830. The van der Waals surface area contributed by atoms with Gasteiger partial charge in [0.2, 0.25) is 0 Å². The molecule has 94 valence electrons. The largest absolute Gasteiger partial charge is 0.316 e. The van der Waals surface area contributed by atoms with Gasteiger partial charge in [0.15, 0.2) is 0 Å². The molecule has 1 atom stereocenters. The molecule has 0 bridgehead atoms. The van der Waals surface area contributed by atoms with Crippen LogP contribution in [0.25, 0.3) is 0 Å². The Bertz CT molecular complexity index is 314. The van der Waals surface area contributed by atoms with E-state index in [0.29, 0.717) is 12.0 Å². The molecule has 1 aromatic heterocycles. The van der Waals surface area contributed by atoms with Gasteiger partial charge in [0.05, 0.1) is 12.2 Å². The Morgan fingerprint density at radius 1 is 1.12 bits per heavy atom. The predicted octanol–water partition coefficient (Wildman–Crippen LogP) is 2.86. The number of hydrogen-bond acceptors (Lipinski definition) is 2. The van der Waals surface area contributed by atoms with Crippen LogP contribution in [-0.4, -0.2) is 22.9 Å². The van der Waals surface area contributed by atoms with E-state index >= 15 is 0 Å². The minimum atomic E-state index is 0.675. The average Bonchev–Trinajstić information content (AvgIpc) is 2.90. The van der Waals surface area contributed by atoms with Gasteiger partial charge in [0.25, 0.3) is 0 Å². The van der Waals surface area contributed by atoms with Gasteiger partial charge in [-0.3, -0.25) is 4.68 Å². The molecule has 1 aliphatic heterocycles. The zero-order chi connectivity index (χ0) is 11.5. The van der Waals surface area contributed by atoms with E-state index in [2.05, 4.69) is 27.5 Å². The van der Waals surface area contributed by atoms with Crippen LogP contribution in [-0.2, 0) is 0 Å². The fourth-order valence-electron chi connectivity index (χ4n) is 3.25. The third-order valence-electron chi connectivity index (χ3n) is 4.34. The Kier molecular flexibility index (Phi) is 3.46. The van der Waals surface area contributed by atoms with Crippen molar-refractivity contribution in [3.05, 3.63) is 18.0 Å². The highest BCUT2D eigenvalue weighted by atomic mass is 15.3. The summed E-state index contributed by atoms with van der Waals surface area (Å²) in [5.74, 6) is 0.695. The first kappa shape index (κ1) is 11.3. The van der Waals surface area contributed by atoms with E-state index in [1.165, 1.54) is 57.1 Å². The van der Waals surface area contributed by atoms with Crippen molar-refractivity contribution in [1.82, 2.24) is 15.1 Å². The summed E-state index contributed by atoms with van der Waals surface area (Å²) >= 11 is 0. The highest BCUT2D eigenvalue weighted by Crippen LogP contribution is 2.29. The lowest BCUT2D eigenvalue weighted by molar-refractivity contribution is 0.329. The smallest absolute Gasteiger partial charge is 0.0525 e. The van der Waals surface area contributed by atoms with Gasteiger partial charge in [-0.2, -0.15) is 5.10 Å². The topological polar surface area (TPSA) is 29.9 Å². The SMILES string of the molecule is c1nn(C2CCCCC2)cc1C1CCCNC1. The van der Waals surface area contributed by atoms with Gasteiger partial charge >= 0.3 is 0 Å². The lowest BCUT2D eigenvalue weighted by Gasteiger charge is -2.23. The highest BCUT2D eigenvalue weighted by Gasteiger charge is 2.20. The first-order valence-corrected chi connectivity index (χ1v) is 7.18. The number of hydrogen-bond donors (Lipinski definition) is 1. The van der Waals surface area contributed by atoms with Crippen molar-refractivity contribution < 1.29 is 0 Å². The number of nitrogens with zero attached hydrogens (tertiary/aromatic N) is 2. The van der Waals surface area contributed by atoms with E-state index in [0.717, 1.165) is 6.54 Å². The van der Waals surface area contributed by atoms with Crippen LogP contribution in [0.4, 0.5) is 0 Å². The molecule has 0 spiro atoms. The lowest BCUT2D eigenvalue weighted by atomic mass is 9.93. The zero-order valence-corrected chi connectivity index (χ0v) is 10.6. The summed E-state index contributed by atoms with van der Waals surface area (Å²) < 4.78 is 2.24. The van der Waals surface area contributed by atoms with Crippen molar-refractivity contribution in [2.24, 2.45) is 0 Å². The van der Waals surface area contributed by atoms with Crippen molar-refractivity contribution in [3.63, 3.8) is 0 Å². The van der Waals surface area contributed by atoms with Gasteiger partial charge in [0, 0.05) is 12.7 Å². The average molecular weight is 233 g/mol. The molecular weight excluding hydrogens is 210 g/mol. The van der Waals surface area contributed by atoms with Crippen LogP contribution in [0.1, 0.15) is 62.5 Å². The summed E-state index contributed by atoms with van der Waals surface area (Å²) in [7, 11) is 0. The van der Waals surface area contributed by atoms with Gasteiger partial charge in [-0.25, -0.2) is 0 Å². The molecule has 3 nitrogen and oxygen atoms in total. The van der Waals surface area contributed by atoms with Gasteiger partial charge in [-0.05, 0) is 43.7 Å². The molecule has 1 aromatic rings. The van der Waals surface area contributed by atoms with Crippen LogP contribution < -0.4 is 5.32 Å². The second-order valence-corrected chi connectivity index (χ2v) is 5.59. The molecule has 17 heavy (non-hydrogen) atoms. The molecule has 3 rings (SSSR count). The monoisotopic (exact) mass is 233 g/mol. The summed E-state index contributed by atoms with van der Waals surface area (Å²) in [5, 5.41) is 8.09. The molecule has 2 aliphatic rings. The predicted molar refractivity (Wildman–Crippen MR) is 69.2 cm³/mol. The van der Waals surface area contributed by atoms with Crippen molar-refractivity contribution in [2.45, 2.75) is 56.9 Å². The third-order valence-corrected chi connectivity index (χ3v) is 4.34. The summed E-state index contributed by atoms with van der Waals surface area (Å²) in [6.45, 7) is 2.32. The Morgan fingerprint density at radius 3 is 2.76 bits per heavy atom. The van der Waals surface area contributed by atoms with Crippen molar-refractivity contribution >= 4 is 0 Å². The standard InChI is InChI=1S/C14H23N3/c1-2-6-14(7-3-1)17-11-13(10-16-17)12-5-4-8-15-9-12/h10-12,14-15H,1-9H2. The molecule has 1 aliphatic carbocycles. The minimum Gasteiger partial charge on any atom is -0.316 e. The molecule has 2 fully saturated rings. The molecule has 0 radical (unpaired) electrons. The molecular formula is C14H23N3. The van der Waals surface area contributed by atoms with E-state index in [1.54, 1.807) is 0 Å². The summed E-state index contributed by atoms with van der Waals surface area (Å²) in [6.07, 6.45) is 13.9. The summed E-state index contributed by atoms with van der Waals surface area (Å²) in [4.78, 5) is 0. The van der Waals surface area contributed by atoms with Crippen molar-refractivity contribution in [1.29, 1.82) is 0 Å². The summed E-state index contributed by atoms with van der Waals surface area (Å²) in [6, 6.07) is 0.675. The first-order valence-electron chi connectivity index (χ1n) is 7.18. The molecule has 0 aromatic carbocycles. The van der Waals surface area contributed by atoms with Gasteiger partial charge in [-0.15, -0.1) is 0 Å². The van der Waals surface area contributed by atoms with E-state index < -0.39 is 0 Å². The van der Waals surface area contributed by atoms with E-state index in [1.807, 2.05) is 0 Å². The number of nitrogens with one attached hydrogen (secondary N) is 1. The molecule has 0 amide bonds. The minimum absolute atomic E-state index is 0.675. The number of rotatable bonds is 2. The summed E-state index contributed by atoms with van der Waals surface area (Å²) in [5.41, 5.74) is 1.45. The van der Waals surface area contributed by atoms with Gasteiger partial charge in [0.1, 0.15) is 0 Å². The fourth-order valence-corrected chi connectivity index (χ4v) is 3.25. The molecule has 1 unspecified atom stereocenters. The number of aromatic nitrogens is 2. The lowest BCUT2D eigenvalue weighted by Crippen LogP contribution is -2.28. The second-order valence-electron chi connectivity index (χ2n) is 5.59. The Labute approximate surface area is 104 Å². The quantitative estimate of drug-likeness (QED) is 0.851. The van der Waals surface area contributed by atoms with Crippen LogP contribution in [0.3, 0.4) is 0 Å². The van der Waals surface area contributed by atoms with Crippen LogP contribution >= 0.6 is 0 Å². The normalized spacial score (nSPS) is 27.2. The van der Waals surface area contributed by atoms with E-state index in [4.69, 9.17) is 0 Å². The van der Waals surface area contributed by atoms with Gasteiger partial charge in [-0.1, -0.05) is 19.3 Å². The van der Waals surface area contributed by atoms with Crippen LogP contribution in [0.2, 0.25) is 0 Å². The maximum atomic E-state index is 4.60. The van der Waals surface area contributed by atoms with Crippen molar-refractivity contribution in [2.75, 3.05) is 13.1 Å². The number of piperidine rings is 1. The Balaban J connectivity index is 1.68. The second kappa shape index (κ2) is 5.21. The molecule has 2 heterocycles. The van der Waals surface area contributed by atoms with Crippen LogP contribution in [0.5, 0.6) is 0 Å².